The first-order chi connectivity index (χ1) is 36.0. The van der Waals surface area contributed by atoms with Crippen molar-refractivity contribution in [2.45, 2.75) is 54.8 Å². The third-order valence-corrected chi connectivity index (χ3v) is 19.5. The lowest BCUT2D eigenvalue weighted by molar-refractivity contribution is -0.101. The summed E-state index contributed by atoms with van der Waals surface area (Å²) >= 11 is 7.00. The molecular formula is C54H63B3ClN5O10P2. The molecule has 4 aliphatic rings. The molecule has 5 aromatic carbocycles. The summed E-state index contributed by atoms with van der Waals surface area (Å²) in [5.74, 6) is -0.113. The van der Waals surface area contributed by atoms with Gasteiger partial charge in [-0.3, -0.25) is 9.13 Å². The molecule has 390 valence electrons. The van der Waals surface area contributed by atoms with Crippen LogP contribution in [0.25, 0.3) is 11.1 Å². The summed E-state index contributed by atoms with van der Waals surface area (Å²) in [6.07, 6.45) is -2.71. The molecule has 3 fully saturated rings. The molecular weight excluding hydrogens is 1010 g/mol. The van der Waals surface area contributed by atoms with E-state index in [1.54, 1.807) is 37.5 Å². The number of benzene rings is 5. The van der Waals surface area contributed by atoms with Crippen molar-refractivity contribution in [1.82, 2.24) is 23.6 Å². The summed E-state index contributed by atoms with van der Waals surface area (Å²) in [6, 6.07) is 39.3. The van der Waals surface area contributed by atoms with Crippen LogP contribution in [0.3, 0.4) is 0 Å². The molecule has 3 aliphatic heterocycles. The summed E-state index contributed by atoms with van der Waals surface area (Å²) in [7, 11) is 18.3. The molecule has 75 heavy (non-hydrogen) atoms. The first-order valence-corrected chi connectivity index (χ1v) is 28.6. The van der Waals surface area contributed by atoms with Crippen LogP contribution in [0.5, 0.6) is 0 Å². The van der Waals surface area contributed by atoms with Crippen LogP contribution in [0.4, 0.5) is 4.79 Å². The number of hydrogen-bond acceptors (Lipinski definition) is 10. The zero-order chi connectivity index (χ0) is 53.1. The van der Waals surface area contributed by atoms with Crippen LogP contribution in [0, 0.1) is 6.92 Å². The first-order valence-electron chi connectivity index (χ1n) is 25.2. The highest BCUT2D eigenvalue weighted by molar-refractivity contribution is 7.54. The largest absolute Gasteiger partial charge is 0.448 e. The molecule has 15 nitrogen and oxygen atoms in total. The zero-order valence-electron chi connectivity index (χ0n) is 43.1. The van der Waals surface area contributed by atoms with Crippen LogP contribution in [-0.2, 0) is 47.5 Å². The maximum atomic E-state index is 15.2. The molecule has 3 heterocycles. The first kappa shape index (κ1) is 55.7. The Bertz CT molecular complexity index is 2820. The highest BCUT2D eigenvalue weighted by Gasteiger charge is 2.46. The van der Waals surface area contributed by atoms with E-state index in [0.717, 1.165) is 44.5 Å². The lowest BCUT2D eigenvalue weighted by Crippen LogP contribution is -2.53. The Kier molecular flexibility index (Phi) is 17.7. The number of amides is 1. The van der Waals surface area contributed by atoms with Crippen molar-refractivity contribution >= 4 is 56.6 Å². The number of rotatable bonds is 18. The minimum absolute atomic E-state index is 0.0340. The molecule has 0 saturated carbocycles. The Hall–Kier alpha value is -4.09. The predicted octanol–water partition coefficient (Wildman–Crippen LogP) is 7.86. The second-order valence-corrected chi connectivity index (χ2v) is 25.4. The second-order valence-electron chi connectivity index (χ2n) is 19.8. The summed E-state index contributed by atoms with van der Waals surface area (Å²) in [4.78, 5) is 15.1. The molecule has 9 rings (SSSR count). The van der Waals surface area contributed by atoms with E-state index >= 15 is 4.57 Å². The van der Waals surface area contributed by atoms with E-state index < -0.39 is 63.4 Å². The van der Waals surface area contributed by atoms with Crippen LogP contribution in [0.1, 0.15) is 39.3 Å². The molecule has 3 saturated heterocycles. The van der Waals surface area contributed by atoms with Crippen molar-refractivity contribution in [2.75, 3.05) is 93.9 Å². The van der Waals surface area contributed by atoms with Gasteiger partial charge in [-0.2, -0.15) is 0 Å². The molecule has 0 N–H and O–H groups in total. The topological polar surface area (TPSA) is 132 Å². The Morgan fingerprint density at radius 3 is 1.61 bits per heavy atom. The molecule has 0 bridgehead atoms. The Balaban J connectivity index is 0.844. The smallest absolute Gasteiger partial charge is 0.409 e. The predicted molar refractivity (Wildman–Crippen MR) is 292 cm³/mol. The maximum Gasteiger partial charge on any atom is 0.409 e. The van der Waals surface area contributed by atoms with Crippen LogP contribution < -0.4 is 0 Å². The van der Waals surface area contributed by atoms with E-state index in [4.69, 9.17) is 67.9 Å². The molecule has 1 amide bonds. The standard InChI is InChI=1S/C54H63B3ClN5O10P2/c1-37-23-25-39(26-24-37)54(38-15-7-6-8-16-38,48-21-13-14-22-49(48)58)68-33-41-28-62(31-51(56)72-41)74(65,59(2)3)70-35-42-29-63(32-52(57)73-42)75(66,60(4)5)69-34-40-27-61(30-50(55)71-40)53(64)67-36-47-45-19-11-9-17-43(45)44-18-10-12-20-46(44)47/h6-26,40-42,47,50-52H,27-36H2,1-5H3/t40-,41-,42-,50+,51+,52+,54?,74?,75?/m0/s1. The molecule has 0 aromatic heterocycles. The molecule has 9 atom stereocenters. The van der Waals surface area contributed by atoms with Gasteiger partial charge in [0, 0.05) is 67.2 Å². The lowest BCUT2D eigenvalue weighted by Gasteiger charge is -2.45. The van der Waals surface area contributed by atoms with E-state index in [9.17, 15) is 9.36 Å². The van der Waals surface area contributed by atoms with Crippen molar-refractivity contribution in [1.29, 1.82) is 0 Å². The summed E-state index contributed by atoms with van der Waals surface area (Å²) in [5.41, 5.74) is 6.85. The fourth-order valence-electron chi connectivity index (χ4n) is 10.5. The Morgan fingerprint density at radius 2 is 1.07 bits per heavy atom. The normalized spacial score (nSPS) is 25.0. The highest BCUT2D eigenvalue weighted by Crippen LogP contribution is 2.56. The minimum atomic E-state index is -3.84. The number of ether oxygens (including phenoxy) is 5. The van der Waals surface area contributed by atoms with Crippen molar-refractivity contribution in [3.05, 3.63) is 166 Å². The van der Waals surface area contributed by atoms with E-state index in [-0.39, 0.29) is 71.6 Å². The van der Waals surface area contributed by atoms with Gasteiger partial charge in [0.2, 0.25) is 0 Å². The van der Waals surface area contributed by atoms with Gasteiger partial charge < -0.3 is 37.6 Å². The fraction of sp³-hybridized carbons (Fsp3) is 0.426. The van der Waals surface area contributed by atoms with Gasteiger partial charge >= 0.3 is 21.4 Å². The quantitative estimate of drug-likeness (QED) is 0.0479. The van der Waals surface area contributed by atoms with Gasteiger partial charge in [0.05, 0.1) is 44.7 Å². The van der Waals surface area contributed by atoms with E-state index in [1.165, 1.54) is 14.2 Å². The number of fused-ring (bicyclic) bond motifs is 3. The number of hydrogen-bond donors (Lipinski definition) is 0. The van der Waals surface area contributed by atoms with E-state index in [0.29, 0.717) is 5.02 Å². The van der Waals surface area contributed by atoms with Crippen molar-refractivity contribution in [2.24, 2.45) is 0 Å². The number of carbonyl (C=O) groups excluding carboxylic acids is 1. The van der Waals surface area contributed by atoms with E-state index in [1.807, 2.05) is 110 Å². The Morgan fingerprint density at radius 1 is 0.600 bits per heavy atom. The molecule has 5 aromatic rings. The number of halogens is 1. The molecule has 0 spiro atoms. The molecule has 3 unspecified atom stereocenters. The fourth-order valence-corrected chi connectivity index (χ4v) is 14.8. The van der Waals surface area contributed by atoms with Crippen LogP contribution in [0.15, 0.2) is 127 Å². The monoisotopic (exact) mass is 1070 g/mol. The summed E-state index contributed by atoms with van der Waals surface area (Å²) in [6.45, 7) is 2.38. The van der Waals surface area contributed by atoms with Crippen LogP contribution in [-0.4, -0.2) is 183 Å². The van der Waals surface area contributed by atoms with E-state index in [2.05, 4.69) is 24.3 Å². The van der Waals surface area contributed by atoms with Gasteiger partial charge in [-0.1, -0.05) is 138 Å². The van der Waals surface area contributed by atoms with Crippen LogP contribution >= 0.6 is 26.9 Å². The lowest BCUT2D eigenvalue weighted by atomic mass is 9.79. The molecule has 6 radical (unpaired) electrons. The zero-order valence-corrected chi connectivity index (χ0v) is 45.6. The van der Waals surface area contributed by atoms with Gasteiger partial charge in [0.25, 0.3) is 0 Å². The van der Waals surface area contributed by atoms with Gasteiger partial charge in [-0.05, 0) is 74.6 Å². The maximum absolute atomic E-state index is 15.2. The SMILES string of the molecule is [B][C@H]1CN(C(=O)OCC2c3ccccc3-c3ccccc32)C[C@@H](COP(=O)(N(C)C)N2C[C@@H](COP(=O)(N(C)C)N3C[C@@H](COC(c4ccccc4)(c4ccc(C)cc4)c4ccccc4Cl)O[C@@H]([B])C3)O[C@@H]([B])C2)O1. The molecule has 21 heteroatoms. The van der Waals surface area contributed by atoms with Crippen LogP contribution in [0.2, 0.25) is 5.02 Å². The summed E-state index contributed by atoms with van der Waals surface area (Å²) in [5, 5.41) is 0.523. The number of carbonyl (C=O) groups is 1. The van der Waals surface area contributed by atoms with Gasteiger partial charge in [0.1, 0.15) is 35.7 Å². The number of morpholine rings is 3. The van der Waals surface area contributed by atoms with Gasteiger partial charge in [-0.15, -0.1) is 0 Å². The molecule has 1 aliphatic carbocycles. The van der Waals surface area contributed by atoms with Crippen molar-refractivity contribution in [3.8, 4) is 11.1 Å². The second kappa shape index (κ2) is 23.9. The number of nitrogens with zero attached hydrogens (tertiary/aromatic N) is 5. The van der Waals surface area contributed by atoms with Crippen molar-refractivity contribution in [3.63, 3.8) is 0 Å². The minimum Gasteiger partial charge on any atom is -0.448 e. The third kappa shape index (κ3) is 12.0. The highest BCUT2D eigenvalue weighted by atomic mass is 35.5. The number of aryl methyl sites for hydroxylation is 1. The van der Waals surface area contributed by atoms with Gasteiger partial charge in [-0.25, -0.2) is 23.5 Å². The third-order valence-electron chi connectivity index (χ3n) is 14.1. The van der Waals surface area contributed by atoms with Gasteiger partial charge in [0.15, 0.2) is 0 Å². The summed E-state index contributed by atoms with van der Waals surface area (Å²) < 4.78 is 80.7. The Labute approximate surface area is 450 Å². The average Bonchev–Trinajstić information content (AvgIpc) is 3.72. The average molecular weight is 1070 g/mol. The van der Waals surface area contributed by atoms with Crippen molar-refractivity contribution < 1.29 is 46.7 Å².